The molecule has 0 bridgehead atoms. The first-order valence-electron chi connectivity index (χ1n) is 11.2. The molecule has 1 saturated carbocycles. The predicted octanol–water partition coefficient (Wildman–Crippen LogP) is 4.80. The zero-order chi connectivity index (χ0) is 22.7. The van der Waals surface area contributed by atoms with Crippen molar-refractivity contribution in [2.75, 3.05) is 5.73 Å². The Morgan fingerprint density at radius 2 is 2.03 bits per heavy atom. The number of carbonyl (C=O) groups excluding carboxylic acids is 1. The van der Waals surface area contributed by atoms with E-state index in [9.17, 15) is 9.90 Å². The molecule has 4 rings (SSSR count). The van der Waals surface area contributed by atoms with Crippen LogP contribution >= 0.6 is 11.3 Å². The second-order valence-corrected chi connectivity index (χ2v) is 9.87. The fraction of sp³-hybridized carbons (Fsp3) is 0.346. The molecule has 1 aromatic heterocycles. The molecule has 1 amide bonds. The summed E-state index contributed by atoms with van der Waals surface area (Å²) in [6.45, 7) is 4.74. The zero-order valence-electron chi connectivity index (χ0n) is 18.6. The average Bonchev–Trinajstić information content (AvgIpc) is 3.43. The predicted molar refractivity (Wildman–Crippen MR) is 132 cm³/mol. The minimum atomic E-state index is -0.153. The third-order valence-corrected chi connectivity index (χ3v) is 7.29. The number of nitrogen functional groups attached to an aromatic ring is 1. The first-order valence-corrected chi connectivity index (χ1v) is 12.0. The van der Waals surface area contributed by atoms with Crippen molar-refractivity contribution in [3.8, 4) is 10.4 Å². The van der Waals surface area contributed by atoms with Gasteiger partial charge in [0.15, 0.2) is 0 Å². The standard InChI is InChI=1S/C26H31N3O2S/c1-16-6-7-20(27)13-24(16)26(31)29-17(2)18-4-3-5-19(12-18)25-11-10-23(32-25)15-28-21-8-9-22(30)14-21/h3-7,10-13,17,21-22,28,30H,8-9,14-15,27H2,1-2H3,(H,29,31)/t17?,21-,22+/m0/s1. The van der Waals surface area contributed by atoms with Gasteiger partial charge in [-0.3, -0.25) is 4.79 Å². The number of aliphatic hydroxyl groups is 1. The second kappa shape index (κ2) is 9.86. The topological polar surface area (TPSA) is 87.4 Å². The number of thiophene rings is 1. The van der Waals surface area contributed by atoms with E-state index in [1.165, 1.54) is 9.75 Å². The van der Waals surface area contributed by atoms with Crippen molar-refractivity contribution in [1.82, 2.24) is 10.6 Å². The summed E-state index contributed by atoms with van der Waals surface area (Å²) >= 11 is 1.78. The molecular formula is C26H31N3O2S. The van der Waals surface area contributed by atoms with Crippen LogP contribution in [0.4, 0.5) is 5.69 Å². The molecule has 3 aromatic rings. The zero-order valence-corrected chi connectivity index (χ0v) is 19.4. The number of hydrogen-bond acceptors (Lipinski definition) is 5. The van der Waals surface area contributed by atoms with Crippen LogP contribution in [-0.4, -0.2) is 23.2 Å². The van der Waals surface area contributed by atoms with E-state index in [-0.39, 0.29) is 18.1 Å². The van der Waals surface area contributed by atoms with Crippen molar-refractivity contribution in [1.29, 1.82) is 0 Å². The van der Waals surface area contributed by atoms with Gasteiger partial charge in [-0.05, 0) is 80.1 Å². The Morgan fingerprint density at radius 1 is 1.19 bits per heavy atom. The molecule has 0 spiro atoms. The van der Waals surface area contributed by atoms with Gasteiger partial charge in [-0.1, -0.05) is 24.3 Å². The molecule has 1 unspecified atom stereocenters. The summed E-state index contributed by atoms with van der Waals surface area (Å²) in [5.74, 6) is -0.116. The lowest BCUT2D eigenvalue weighted by molar-refractivity contribution is 0.0939. The van der Waals surface area contributed by atoms with Crippen molar-refractivity contribution >= 4 is 22.9 Å². The second-order valence-electron chi connectivity index (χ2n) is 8.71. The molecule has 168 valence electrons. The van der Waals surface area contributed by atoms with Gasteiger partial charge in [-0.2, -0.15) is 0 Å². The Bertz CT molecular complexity index is 1090. The van der Waals surface area contributed by atoms with Gasteiger partial charge in [0.05, 0.1) is 12.1 Å². The minimum Gasteiger partial charge on any atom is -0.399 e. The molecule has 0 radical (unpaired) electrons. The molecule has 2 aromatic carbocycles. The van der Waals surface area contributed by atoms with E-state index in [0.717, 1.165) is 42.5 Å². The quantitative estimate of drug-likeness (QED) is 0.390. The normalized spacial score (nSPS) is 19.1. The monoisotopic (exact) mass is 449 g/mol. The number of benzene rings is 2. The third kappa shape index (κ3) is 5.38. The van der Waals surface area contributed by atoms with Crippen LogP contribution in [0.15, 0.2) is 54.6 Å². The molecule has 1 heterocycles. The largest absolute Gasteiger partial charge is 0.399 e. The van der Waals surface area contributed by atoms with Gasteiger partial charge in [0.25, 0.3) is 5.91 Å². The number of rotatable bonds is 7. The van der Waals surface area contributed by atoms with Crippen molar-refractivity contribution < 1.29 is 9.90 Å². The number of anilines is 1. The van der Waals surface area contributed by atoms with E-state index in [2.05, 4.69) is 34.9 Å². The third-order valence-electron chi connectivity index (χ3n) is 6.16. The lowest BCUT2D eigenvalue weighted by Gasteiger charge is -2.16. The van der Waals surface area contributed by atoms with Crippen LogP contribution in [0.3, 0.4) is 0 Å². The first-order chi connectivity index (χ1) is 15.4. The van der Waals surface area contributed by atoms with Crippen LogP contribution in [-0.2, 0) is 6.54 Å². The lowest BCUT2D eigenvalue weighted by Crippen LogP contribution is -2.27. The van der Waals surface area contributed by atoms with Gasteiger partial charge >= 0.3 is 0 Å². The maximum absolute atomic E-state index is 12.8. The SMILES string of the molecule is Cc1ccc(N)cc1C(=O)NC(C)c1cccc(-c2ccc(CN[C@H]3CC[C@@H](O)C3)s2)c1. The van der Waals surface area contributed by atoms with E-state index in [1.807, 2.05) is 32.0 Å². The fourth-order valence-corrected chi connectivity index (χ4v) is 5.17. The van der Waals surface area contributed by atoms with Crippen molar-refractivity contribution in [2.24, 2.45) is 0 Å². The van der Waals surface area contributed by atoms with Gasteiger partial charge < -0.3 is 21.5 Å². The molecule has 1 fully saturated rings. The number of nitrogens with one attached hydrogen (secondary N) is 2. The molecule has 1 aliphatic carbocycles. The van der Waals surface area contributed by atoms with Crippen LogP contribution in [0, 0.1) is 6.92 Å². The van der Waals surface area contributed by atoms with Crippen LogP contribution in [0.25, 0.3) is 10.4 Å². The van der Waals surface area contributed by atoms with Crippen LogP contribution in [0.1, 0.15) is 58.6 Å². The summed E-state index contributed by atoms with van der Waals surface area (Å²) in [5, 5.41) is 16.4. The van der Waals surface area contributed by atoms with Gasteiger partial charge in [0, 0.05) is 33.6 Å². The van der Waals surface area contributed by atoms with Crippen LogP contribution in [0.2, 0.25) is 0 Å². The summed E-state index contributed by atoms with van der Waals surface area (Å²) in [4.78, 5) is 15.3. The summed E-state index contributed by atoms with van der Waals surface area (Å²) in [7, 11) is 0. The number of aryl methyl sites for hydroxylation is 1. The fourth-order valence-electron chi connectivity index (χ4n) is 4.22. The van der Waals surface area contributed by atoms with Crippen molar-refractivity contribution in [3.05, 3.63) is 76.2 Å². The molecule has 5 nitrogen and oxygen atoms in total. The maximum Gasteiger partial charge on any atom is 0.252 e. The van der Waals surface area contributed by atoms with Crippen molar-refractivity contribution in [3.63, 3.8) is 0 Å². The Kier molecular flexibility index (Phi) is 6.94. The molecule has 6 heteroatoms. The van der Waals surface area contributed by atoms with E-state index in [4.69, 9.17) is 5.73 Å². The molecule has 32 heavy (non-hydrogen) atoms. The highest BCUT2D eigenvalue weighted by Crippen LogP contribution is 2.30. The summed E-state index contributed by atoms with van der Waals surface area (Å²) in [5.41, 5.74) is 10.2. The Labute approximate surface area is 193 Å². The highest BCUT2D eigenvalue weighted by molar-refractivity contribution is 7.15. The van der Waals surface area contributed by atoms with E-state index in [1.54, 1.807) is 23.5 Å². The van der Waals surface area contributed by atoms with Gasteiger partial charge in [0.1, 0.15) is 0 Å². The van der Waals surface area contributed by atoms with Crippen LogP contribution < -0.4 is 16.4 Å². The van der Waals surface area contributed by atoms with Crippen molar-refractivity contribution in [2.45, 2.75) is 57.8 Å². The van der Waals surface area contributed by atoms with Gasteiger partial charge in [-0.25, -0.2) is 0 Å². The molecule has 1 aliphatic rings. The molecule has 0 aliphatic heterocycles. The summed E-state index contributed by atoms with van der Waals surface area (Å²) in [6.07, 6.45) is 2.63. The highest BCUT2D eigenvalue weighted by Gasteiger charge is 2.22. The Morgan fingerprint density at radius 3 is 2.81 bits per heavy atom. The number of carbonyl (C=O) groups is 1. The number of nitrogens with two attached hydrogens (primary N) is 1. The maximum atomic E-state index is 12.8. The molecule has 5 N–H and O–H groups in total. The lowest BCUT2D eigenvalue weighted by atomic mass is 10.0. The Hall–Kier alpha value is -2.67. The van der Waals surface area contributed by atoms with E-state index in [0.29, 0.717) is 17.3 Å². The number of hydrogen-bond donors (Lipinski definition) is 4. The van der Waals surface area contributed by atoms with Gasteiger partial charge in [0.2, 0.25) is 0 Å². The molecule has 3 atom stereocenters. The van der Waals surface area contributed by atoms with E-state index >= 15 is 0 Å². The Balaban J connectivity index is 1.41. The highest BCUT2D eigenvalue weighted by atomic mass is 32.1. The van der Waals surface area contributed by atoms with Crippen LogP contribution in [0.5, 0.6) is 0 Å². The molecule has 0 saturated heterocycles. The summed E-state index contributed by atoms with van der Waals surface area (Å²) in [6, 6.07) is 18.3. The number of aliphatic hydroxyl groups excluding tert-OH is 1. The average molecular weight is 450 g/mol. The summed E-state index contributed by atoms with van der Waals surface area (Å²) < 4.78 is 0. The van der Waals surface area contributed by atoms with Gasteiger partial charge in [-0.15, -0.1) is 11.3 Å². The number of amides is 1. The first kappa shape index (κ1) is 22.5. The minimum absolute atomic E-state index is 0.116. The smallest absolute Gasteiger partial charge is 0.252 e. The van der Waals surface area contributed by atoms with E-state index < -0.39 is 0 Å². The molecular weight excluding hydrogens is 418 g/mol.